The fourth-order valence-electron chi connectivity index (χ4n) is 5.85. The summed E-state index contributed by atoms with van der Waals surface area (Å²) >= 11 is 0. The summed E-state index contributed by atoms with van der Waals surface area (Å²) in [5.74, 6) is 0. The van der Waals surface area contributed by atoms with Crippen molar-refractivity contribution >= 4 is 22.6 Å². The van der Waals surface area contributed by atoms with Gasteiger partial charge in [-0.05, 0) is 87.8 Å². The quantitative estimate of drug-likeness (QED) is 0.208. The summed E-state index contributed by atoms with van der Waals surface area (Å²) in [7, 11) is 0. The Balaban J connectivity index is 1.49. The molecule has 0 atom stereocenters. The number of hydrogen-bond acceptors (Lipinski definition) is 1. The van der Waals surface area contributed by atoms with Crippen LogP contribution in [0.1, 0.15) is 37.5 Å². The third-order valence-corrected chi connectivity index (χ3v) is 7.90. The molecule has 6 rings (SSSR count). The molecule has 0 aliphatic heterocycles. The van der Waals surface area contributed by atoms with Crippen LogP contribution < -0.4 is 4.90 Å². The van der Waals surface area contributed by atoms with Crippen molar-refractivity contribution in [1.82, 2.24) is 0 Å². The van der Waals surface area contributed by atoms with Gasteiger partial charge in [0.2, 0.25) is 0 Å². The molecule has 0 saturated heterocycles. The lowest BCUT2D eigenvalue weighted by Crippen LogP contribution is -2.16. The van der Waals surface area contributed by atoms with E-state index >= 15 is 0 Å². The Morgan fingerprint density at radius 1 is 0.615 bits per heavy atom. The average Bonchev–Trinajstić information content (AvgIpc) is 3.21. The summed E-state index contributed by atoms with van der Waals surface area (Å²) in [6.45, 7) is 11.0. The molecule has 0 amide bonds. The van der Waals surface area contributed by atoms with Crippen molar-refractivity contribution < 1.29 is 0 Å². The highest BCUT2D eigenvalue weighted by atomic mass is 15.1. The molecule has 1 nitrogen and oxygen atoms in total. The third-order valence-electron chi connectivity index (χ3n) is 7.90. The number of allylic oxidation sites excluding steroid dienone is 3. The third kappa shape index (κ3) is 4.41. The molecular weight excluding hydrogens is 470 g/mol. The number of benzene rings is 5. The van der Waals surface area contributed by atoms with Crippen LogP contribution in [0.4, 0.5) is 17.1 Å². The molecule has 190 valence electrons. The van der Waals surface area contributed by atoms with Crippen molar-refractivity contribution in [3.8, 4) is 22.3 Å². The minimum atomic E-state index is -0.0627. The zero-order chi connectivity index (χ0) is 27.0. The standard InChI is InChI=1S/C38H33N/c1-5-12-27(2)30-15-11-16-32(25-30)39(31-21-19-29(20-22-31)28-13-7-6-8-14-28)33-23-24-35-34-17-9-10-18-36(34)38(3,4)37(35)26-33/h5-26H,2H2,1,3-4H3/b12-5-. The van der Waals surface area contributed by atoms with E-state index in [9.17, 15) is 0 Å². The van der Waals surface area contributed by atoms with Crippen LogP contribution in [0.3, 0.4) is 0 Å². The van der Waals surface area contributed by atoms with E-state index < -0.39 is 0 Å². The lowest BCUT2D eigenvalue weighted by Gasteiger charge is -2.28. The minimum Gasteiger partial charge on any atom is -0.310 e. The Labute approximate surface area is 232 Å². The Kier molecular flexibility index (Phi) is 6.29. The van der Waals surface area contributed by atoms with Crippen LogP contribution in [0.5, 0.6) is 0 Å². The summed E-state index contributed by atoms with van der Waals surface area (Å²) in [5.41, 5.74) is 13.3. The summed E-state index contributed by atoms with van der Waals surface area (Å²) in [6, 6.07) is 43.8. The highest BCUT2D eigenvalue weighted by Crippen LogP contribution is 2.50. The van der Waals surface area contributed by atoms with Gasteiger partial charge in [0.05, 0.1) is 0 Å². The van der Waals surface area contributed by atoms with Crippen LogP contribution >= 0.6 is 0 Å². The van der Waals surface area contributed by atoms with E-state index in [0.717, 1.165) is 28.2 Å². The van der Waals surface area contributed by atoms with Gasteiger partial charge in [0.15, 0.2) is 0 Å². The summed E-state index contributed by atoms with van der Waals surface area (Å²) in [6.07, 6.45) is 4.10. The molecule has 5 aromatic carbocycles. The van der Waals surface area contributed by atoms with Crippen LogP contribution in [-0.2, 0) is 5.41 Å². The second-order valence-corrected chi connectivity index (χ2v) is 10.7. The molecule has 0 spiro atoms. The van der Waals surface area contributed by atoms with E-state index in [0.29, 0.717) is 0 Å². The topological polar surface area (TPSA) is 3.24 Å². The molecule has 0 heterocycles. The molecule has 0 aromatic heterocycles. The van der Waals surface area contributed by atoms with E-state index in [1.165, 1.54) is 33.4 Å². The first-order chi connectivity index (χ1) is 19.0. The maximum absolute atomic E-state index is 4.29. The van der Waals surface area contributed by atoms with E-state index in [-0.39, 0.29) is 5.41 Å². The average molecular weight is 504 g/mol. The van der Waals surface area contributed by atoms with Crippen molar-refractivity contribution in [3.05, 3.63) is 157 Å². The summed E-state index contributed by atoms with van der Waals surface area (Å²) in [5, 5.41) is 0. The number of hydrogen-bond donors (Lipinski definition) is 0. The Morgan fingerprint density at radius 2 is 1.26 bits per heavy atom. The van der Waals surface area contributed by atoms with Gasteiger partial charge in [0.25, 0.3) is 0 Å². The second kappa shape index (κ2) is 9.93. The highest BCUT2D eigenvalue weighted by Gasteiger charge is 2.35. The predicted molar refractivity (Wildman–Crippen MR) is 168 cm³/mol. The van der Waals surface area contributed by atoms with E-state index in [1.54, 1.807) is 0 Å². The van der Waals surface area contributed by atoms with Gasteiger partial charge in [-0.3, -0.25) is 0 Å². The van der Waals surface area contributed by atoms with Gasteiger partial charge in [0, 0.05) is 22.5 Å². The first-order valence-corrected chi connectivity index (χ1v) is 13.6. The Morgan fingerprint density at radius 3 is 2.03 bits per heavy atom. The fourth-order valence-corrected chi connectivity index (χ4v) is 5.85. The molecule has 0 N–H and O–H groups in total. The number of nitrogens with zero attached hydrogens (tertiary/aromatic N) is 1. The van der Waals surface area contributed by atoms with Crippen molar-refractivity contribution in [2.24, 2.45) is 0 Å². The predicted octanol–water partition coefficient (Wildman–Crippen LogP) is 10.7. The van der Waals surface area contributed by atoms with Gasteiger partial charge in [0.1, 0.15) is 0 Å². The van der Waals surface area contributed by atoms with Crippen LogP contribution in [0.25, 0.3) is 27.8 Å². The van der Waals surface area contributed by atoms with Gasteiger partial charge in [-0.1, -0.05) is 118 Å². The fraction of sp³-hybridized carbons (Fsp3) is 0.105. The molecule has 5 aromatic rings. The molecule has 39 heavy (non-hydrogen) atoms. The lowest BCUT2D eigenvalue weighted by atomic mass is 9.82. The SMILES string of the molecule is C=C(/C=C\C)c1cccc(N(c2ccc(-c3ccccc3)cc2)c2ccc3c(c2)C(C)(C)c2ccccc2-3)c1. The second-order valence-electron chi connectivity index (χ2n) is 10.7. The molecule has 1 aliphatic rings. The van der Waals surface area contributed by atoms with Crippen LogP contribution in [-0.4, -0.2) is 0 Å². The zero-order valence-electron chi connectivity index (χ0n) is 22.9. The van der Waals surface area contributed by atoms with E-state index in [1.807, 2.05) is 13.0 Å². The van der Waals surface area contributed by atoms with E-state index in [4.69, 9.17) is 0 Å². The van der Waals surface area contributed by atoms with Crippen molar-refractivity contribution in [2.45, 2.75) is 26.2 Å². The molecule has 0 bridgehead atoms. The van der Waals surface area contributed by atoms with Crippen molar-refractivity contribution in [2.75, 3.05) is 4.90 Å². The minimum absolute atomic E-state index is 0.0627. The molecular formula is C38H33N. The monoisotopic (exact) mass is 503 g/mol. The maximum Gasteiger partial charge on any atom is 0.0467 e. The molecule has 0 radical (unpaired) electrons. The normalized spacial score (nSPS) is 13.2. The smallest absolute Gasteiger partial charge is 0.0467 e. The van der Waals surface area contributed by atoms with Crippen molar-refractivity contribution in [3.63, 3.8) is 0 Å². The molecule has 0 saturated carbocycles. The Hall–Kier alpha value is -4.62. The molecule has 0 fully saturated rings. The van der Waals surface area contributed by atoms with Gasteiger partial charge < -0.3 is 4.90 Å². The largest absolute Gasteiger partial charge is 0.310 e. The molecule has 1 heteroatoms. The van der Waals surface area contributed by atoms with Crippen LogP contribution in [0.15, 0.2) is 140 Å². The highest BCUT2D eigenvalue weighted by molar-refractivity contribution is 5.86. The van der Waals surface area contributed by atoms with Gasteiger partial charge in [-0.15, -0.1) is 0 Å². The maximum atomic E-state index is 4.29. The Bertz CT molecular complexity index is 1690. The van der Waals surface area contributed by atoms with Gasteiger partial charge >= 0.3 is 0 Å². The lowest BCUT2D eigenvalue weighted by molar-refractivity contribution is 0.660. The molecule has 1 aliphatic carbocycles. The molecule has 0 unspecified atom stereocenters. The number of rotatable bonds is 6. The van der Waals surface area contributed by atoms with Crippen LogP contribution in [0.2, 0.25) is 0 Å². The van der Waals surface area contributed by atoms with Crippen LogP contribution in [0, 0.1) is 0 Å². The first kappa shape index (κ1) is 24.7. The van der Waals surface area contributed by atoms with Crippen molar-refractivity contribution in [1.29, 1.82) is 0 Å². The number of fused-ring (bicyclic) bond motifs is 3. The first-order valence-electron chi connectivity index (χ1n) is 13.6. The van der Waals surface area contributed by atoms with Gasteiger partial charge in [-0.25, -0.2) is 0 Å². The number of anilines is 3. The van der Waals surface area contributed by atoms with Gasteiger partial charge in [-0.2, -0.15) is 0 Å². The summed E-state index contributed by atoms with van der Waals surface area (Å²) in [4.78, 5) is 2.36. The summed E-state index contributed by atoms with van der Waals surface area (Å²) < 4.78 is 0. The van der Waals surface area contributed by atoms with E-state index in [2.05, 4.69) is 153 Å². The zero-order valence-corrected chi connectivity index (χ0v) is 22.9.